The number of rotatable bonds is 5. The summed E-state index contributed by atoms with van der Waals surface area (Å²) in [5.41, 5.74) is 0. The second-order valence-corrected chi connectivity index (χ2v) is 4.21. The van der Waals surface area contributed by atoms with Gasteiger partial charge < -0.3 is 4.74 Å². The lowest BCUT2D eigenvalue weighted by molar-refractivity contribution is 0.101. The Labute approximate surface area is 91.8 Å². The fraction of sp³-hybridized carbons (Fsp3) is 0.750. The predicted molar refractivity (Wildman–Crippen MR) is 58.4 cm³/mol. The maximum Gasteiger partial charge on any atom is 0.211 e. The molecule has 5 heteroatoms. The molecule has 0 spiro atoms. The molecule has 0 bridgehead atoms. The summed E-state index contributed by atoms with van der Waals surface area (Å²) in [5, 5.41) is 4.14. The summed E-state index contributed by atoms with van der Waals surface area (Å²) in [6.45, 7) is 6.57. The van der Waals surface area contributed by atoms with E-state index in [0.29, 0.717) is 12.5 Å². The molecular weight excluding hydrogens is 281 g/mol. The van der Waals surface area contributed by atoms with Gasteiger partial charge in [0.2, 0.25) is 3.83 Å². The first kappa shape index (κ1) is 10.9. The maximum atomic E-state index is 5.42. The SMILES string of the molecule is CC(C)COCCn1cnc(I)n1. The van der Waals surface area contributed by atoms with Gasteiger partial charge in [-0.1, -0.05) is 13.8 Å². The second-order valence-electron chi connectivity index (χ2n) is 3.25. The standard InChI is InChI=1S/C8H14IN3O/c1-7(2)5-13-4-3-12-6-10-8(9)11-12/h6-7H,3-5H2,1-2H3. The molecule has 0 aromatic carbocycles. The van der Waals surface area contributed by atoms with Gasteiger partial charge in [-0.2, -0.15) is 0 Å². The Morgan fingerprint density at radius 1 is 1.62 bits per heavy atom. The van der Waals surface area contributed by atoms with Gasteiger partial charge in [-0.05, 0) is 5.92 Å². The fourth-order valence-corrected chi connectivity index (χ4v) is 1.26. The summed E-state index contributed by atoms with van der Waals surface area (Å²) >= 11 is 2.09. The van der Waals surface area contributed by atoms with E-state index in [1.54, 1.807) is 11.0 Å². The quantitative estimate of drug-likeness (QED) is 0.611. The van der Waals surface area contributed by atoms with Crippen molar-refractivity contribution in [2.45, 2.75) is 20.4 Å². The first-order valence-corrected chi connectivity index (χ1v) is 5.39. The normalized spacial score (nSPS) is 11.1. The van der Waals surface area contributed by atoms with Crippen LogP contribution in [0.15, 0.2) is 6.33 Å². The third kappa shape index (κ3) is 4.56. The first-order valence-electron chi connectivity index (χ1n) is 4.31. The van der Waals surface area contributed by atoms with Crippen LogP contribution in [0.5, 0.6) is 0 Å². The molecule has 0 saturated heterocycles. The van der Waals surface area contributed by atoms with Crippen molar-refractivity contribution in [1.82, 2.24) is 14.8 Å². The van der Waals surface area contributed by atoms with Crippen molar-refractivity contribution in [3.05, 3.63) is 10.2 Å². The average Bonchev–Trinajstić information content (AvgIpc) is 2.45. The molecule has 0 fully saturated rings. The van der Waals surface area contributed by atoms with Crippen molar-refractivity contribution in [1.29, 1.82) is 0 Å². The van der Waals surface area contributed by atoms with Crippen LogP contribution >= 0.6 is 22.6 Å². The molecule has 0 aliphatic heterocycles. The van der Waals surface area contributed by atoms with Gasteiger partial charge in [-0.25, -0.2) is 9.67 Å². The Morgan fingerprint density at radius 3 is 2.92 bits per heavy atom. The molecular formula is C8H14IN3O. The van der Waals surface area contributed by atoms with Crippen LogP contribution in [0.1, 0.15) is 13.8 Å². The van der Waals surface area contributed by atoms with Crippen LogP contribution in [0.25, 0.3) is 0 Å². The van der Waals surface area contributed by atoms with Crippen molar-refractivity contribution in [2.24, 2.45) is 5.92 Å². The maximum absolute atomic E-state index is 5.42. The number of hydrogen-bond donors (Lipinski definition) is 0. The number of aromatic nitrogens is 3. The van der Waals surface area contributed by atoms with E-state index in [2.05, 4.69) is 46.5 Å². The zero-order valence-electron chi connectivity index (χ0n) is 7.90. The molecule has 13 heavy (non-hydrogen) atoms. The van der Waals surface area contributed by atoms with Crippen LogP contribution in [0.4, 0.5) is 0 Å². The number of nitrogens with zero attached hydrogens (tertiary/aromatic N) is 3. The molecule has 74 valence electrons. The van der Waals surface area contributed by atoms with Gasteiger partial charge in [0, 0.05) is 29.2 Å². The summed E-state index contributed by atoms with van der Waals surface area (Å²) in [6.07, 6.45) is 1.72. The molecule has 0 aliphatic rings. The van der Waals surface area contributed by atoms with Crippen molar-refractivity contribution in [2.75, 3.05) is 13.2 Å². The molecule has 0 amide bonds. The highest BCUT2D eigenvalue weighted by Gasteiger charge is 1.97. The van der Waals surface area contributed by atoms with Gasteiger partial charge in [0.25, 0.3) is 0 Å². The molecule has 1 aromatic rings. The number of halogens is 1. The third-order valence-electron chi connectivity index (χ3n) is 1.42. The Morgan fingerprint density at radius 2 is 2.38 bits per heavy atom. The summed E-state index contributed by atoms with van der Waals surface area (Å²) < 4.78 is 7.99. The van der Waals surface area contributed by atoms with Crippen molar-refractivity contribution in [3.8, 4) is 0 Å². The number of hydrogen-bond acceptors (Lipinski definition) is 3. The highest BCUT2D eigenvalue weighted by atomic mass is 127. The summed E-state index contributed by atoms with van der Waals surface area (Å²) in [6, 6.07) is 0. The van der Waals surface area contributed by atoms with E-state index in [-0.39, 0.29) is 0 Å². The van der Waals surface area contributed by atoms with Crippen LogP contribution in [0.2, 0.25) is 0 Å². The van der Waals surface area contributed by atoms with Crippen molar-refractivity contribution >= 4 is 22.6 Å². The molecule has 1 aromatic heterocycles. The van der Waals surface area contributed by atoms with Gasteiger partial charge in [-0.3, -0.25) is 0 Å². The Bertz CT molecular complexity index is 249. The molecule has 0 aliphatic carbocycles. The fourth-order valence-electron chi connectivity index (χ4n) is 0.857. The van der Waals surface area contributed by atoms with E-state index in [9.17, 15) is 0 Å². The van der Waals surface area contributed by atoms with Crippen LogP contribution in [0, 0.1) is 9.75 Å². The van der Waals surface area contributed by atoms with Crippen LogP contribution < -0.4 is 0 Å². The van der Waals surface area contributed by atoms with Crippen LogP contribution in [0.3, 0.4) is 0 Å². The summed E-state index contributed by atoms with van der Waals surface area (Å²) in [5.74, 6) is 0.593. The van der Waals surface area contributed by atoms with E-state index < -0.39 is 0 Å². The van der Waals surface area contributed by atoms with Gasteiger partial charge in [0.05, 0.1) is 13.2 Å². The number of ether oxygens (including phenoxy) is 1. The monoisotopic (exact) mass is 295 g/mol. The molecule has 0 N–H and O–H groups in total. The highest BCUT2D eigenvalue weighted by molar-refractivity contribution is 14.1. The topological polar surface area (TPSA) is 39.9 Å². The molecule has 1 rings (SSSR count). The van der Waals surface area contributed by atoms with E-state index in [1.807, 2.05) is 0 Å². The summed E-state index contributed by atoms with van der Waals surface area (Å²) in [7, 11) is 0. The molecule has 0 radical (unpaired) electrons. The average molecular weight is 295 g/mol. The van der Waals surface area contributed by atoms with Crippen molar-refractivity contribution < 1.29 is 4.74 Å². The minimum Gasteiger partial charge on any atom is -0.379 e. The highest BCUT2D eigenvalue weighted by Crippen LogP contribution is 1.95. The molecule has 0 saturated carbocycles. The van der Waals surface area contributed by atoms with E-state index in [1.165, 1.54) is 0 Å². The van der Waals surface area contributed by atoms with E-state index >= 15 is 0 Å². The Balaban J connectivity index is 2.13. The van der Waals surface area contributed by atoms with Crippen molar-refractivity contribution in [3.63, 3.8) is 0 Å². The minimum atomic E-state index is 0.593. The smallest absolute Gasteiger partial charge is 0.211 e. The minimum absolute atomic E-state index is 0.593. The first-order chi connectivity index (χ1) is 6.18. The zero-order chi connectivity index (χ0) is 9.68. The molecule has 0 atom stereocenters. The van der Waals surface area contributed by atoms with Gasteiger partial charge >= 0.3 is 0 Å². The lowest BCUT2D eigenvalue weighted by Gasteiger charge is -2.05. The molecule has 4 nitrogen and oxygen atoms in total. The Hall–Kier alpha value is -0.170. The van der Waals surface area contributed by atoms with Crippen LogP contribution in [-0.2, 0) is 11.3 Å². The van der Waals surface area contributed by atoms with E-state index in [0.717, 1.165) is 17.0 Å². The van der Waals surface area contributed by atoms with Crippen LogP contribution in [-0.4, -0.2) is 28.0 Å². The lowest BCUT2D eigenvalue weighted by Crippen LogP contribution is -2.09. The van der Waals surface area contributed by atoms with E-state index in [4.69, 9.17) is 4.74 Å². The third-order valence-corrected chi connectivity index (χ3v) is 1.92. The largest absolute Gasteiger partial charge is 0.379 e. The predicted octanol–water partition coefficient (Wildman–Crippen LogP) is 1.56. The lowest BCUT2D eigenvalue weighted by atomic mass is 10.2. The molecule has 1 heterocycles. The van der Waals surface area contributed by atoms with Gasteiger partial charge in [0.15, 0.2) is 0 Å². The second kappa shape index (κ2) is 5.54. The Kier molecular flexibility index (Phi) is 4.65. The zero-order valence-corrected chi connectivity index (χ0v) is 10.1. The van der Waals surface area contributed by atoms with Gasteiger partial charge in [-0.15, -0.1) is 5.10 Å². The summed E-state index contributed by atoms with van der Waals surface area (Å²) in [4.78, 5) is 4.01. The molecule has 0 unspecified atom stereocenters. The van der Waals surface area contributed by atoms with Gasteiger partial charge in [0.1, 0.15) is 6.33 Å².